The van der Waals surface area contributed by atoms with E-state index in [1.807, 2.05) is 0 Å². The van der Waals surface area contributed by atoms with Crippen molar-refractivity contribution in [2.75, 3.05) is 58.9 Å². The molecule has 11 nitrogen and oxygen atoms in total. The van der Waals surface area contributed by atoms with Crippen LogP contribution >= 0.6 is 0 Å². The summed E-state index contributed by atoms with van der Waals surface area (Å²) in [5.41, 5.74) is 0. The van der Waals surface area contributed by atoms with Crippen molar-refractivity contribution in [3.63, 3.8) is 0 Å². The fourth-order valence-corrected chi connectivity index (χ4v) is 2.02. The monoisotopic (exact) mass is 359 g/mol. The first-order valence-electron chi connectivity index (χ1n) is 7.31. The molecule has 0 aliphatic rings. The fourth-order valence-electron chi connectivity index (χ4n) is 2.02. The summed E-state index contributed by atoms with van der Waals surface area (Å²) in [7, 11) is 0. The molecule has 11 heteroatoms. The summed E-state index contributed by atoms with van der Waals surface area (Å²) < 4.78 is 0. The quantitative estimate of drug-likeness (QED) is 0.265. The van der Waals surface area contributed by atoms with Gasteiger partial charge in [0.25, 0.3) is 0 Å². The third kappa shape index (κ3) is 12.7. The molecule has 0 atom stereocenters. The van der Waals surface area contributed by atoms with Crippen LogP contribution in [0, 0.1) is 0 Å². The van der Waals surface area contributed by atoms with Crippen molar-refractivity contribution < 1.29 is 39.3 Å². The van der Waals surface area contributed by atoms with Crippen molar-refractivity contribution in [3.05, 3.63) is 0 Å². The van der Waals surface area contributed by atoms with Gasteiger partial charge in [0.05, 0.1) is 32.7 Å². The summed E-state index contributed by atoms with van der Waals surface area (Å²) in [6.45, 7) is -1.04. The molecular formula is C14H21N3O8. The number of aliphatic carboxylic acids is 3. The summed E-state index contributed by atoms with van der Waals surface area (Å²) >= 11 is 0. The Kier molecular flexibility index (Phi) is 11.8. The van der Waals surface area contributed by atoms with Gasteiger partial charge in [0.15, 0.2) is 0 Å². The number of rotatable bonds is 16. The zero-order valence-electron chi connectivity index (χ0n) is 13.6. The summed E-state index contributed by atoms with van der Waals surface area (Å²) in [4.78, 5) is 57.3. The van der Waals surface area contributed by atoms with Crippen LogP contribution < -0.4 is 0 Å². The van der Waals surface area contributed by atoms with E-state index in [4.69, 9.17) is 15.3 Å². The third-order valence-corrected chi connectivity index (χ3v) is 3.12. The minimum atomic E-state index is -1.13. The fraction of sp³-hybridized carbons (Fsp3) is 0.643. The predicted octanol–water partition coefficient (Wildman–Crippen LogP) is -2.63. The maximum absolute atomic E-state index is 10.9. The van der Waals surface area contributed by atoms with Crippen LogP contribution in [0.3, 0.4) is 0 Å². The van der Waals surface area contributed by atoms with Crippen molar-refractivity contribution >= 4 is 30.5 Å². The second kappa shape index (κ2) is 13.0. The zero-order valence-corrected chi connectivity index (χ0v) is 13.6. The molecule has 25 heavy (non-hydrogen) atoms. The molecule has 0 unspecified atom stereocenters. The zero-order chi connectivity index (χ0) is 19.2. The molecule has 0 aliphatic carbocycles. The Balaban J connectivity index is 4.67. The highest BCUT2D eigenvalue weighted by molar-refractivity contribution is 5.70. The van der Waals surface area contributed by atoms with Crippen molar-refractivity contribution in [2.45, 2.75) is 0 Å². The Morgan fingerprint density at radius 2 is 0.880 bits per heavy atom. The Bertz CT molecular complexity index is 437. The second-order valence-corrected chi connectivity index (χ2v) is 5.17. The van der Waals surface area contributed by atoms with E-state index in [0.717, 1.165) is 0 Å². The molecule has 0 amide bonds. The van der Waals surface area contributed by atoms with Crippen molar-refractivity contribution in [3.8, 4) is 0 Å². The van der Waals surface area contributed by atoms with Crippen LogP contribution in [0.4, 0.5) is 0 Å². The highest BCUT2D eigenvalue weighted by Crippen LogP contribution is 1.96. The topological polar surface area (TPSA) is 156 Å². The van der Waals surface area contributed by atoms with Gasteiger partial charge in [-0.2, -0.15) is 0 Å². The SMILES string of the molecule is O=[C]CN(CCN(CCN(C[C]=O)CC(=O)O)CC(=O)O)CC(=O)O. The molecule has 0 saturated heterocycles. The van der Waals surface area contributed by atoms with Crippen molar-refractivity contribution in [2.24, 2.45) is 0 Å². The van der Waals surface area contributed by atoms with Gasteiger partial charge in [-0.25, -0.2) is 0 Å². The lowest BCUT2D eigenvalue weighted by atomic mass is 10.3. The van der Waals surface area contributed by atoms with E-state index >= 15 is 0 Å². The van der Waals surface area contributed by atoms with Crippen LogP contribution in [-0.2, 0) is 24.0 Å². The maximum Gasteiger partial charge on any atom is 0.317 e. The molecule has 0 saturated carbocycles. The first-order valence-corrected chi connectivity index (χ1v) is 7.31. The Morgan fingerprint density at radius 3 is 1.16 bits per heavy atom. The molecule has 140 valence electrons. The molecular weight excluding hydrogens is 338 g/mol. The highest BCUT2D eigenvalue weighted by Gasteiger charge is 2.16. The number of nitrogens with zero attached hydrogens (tertiary/aromatic N) is 3. The van der Waals surface area contributed by atoms with Gasteiger partial charge in [0.2, 0.25) is 12.6 Å². The van der Waals surface area contributed by atoms with Gasteiger partial charge in [-0.3, -0.25) is 38.7 Å². The second-order valence-electron chi connectivity index (χ2n) is 5.17. The minimum absolute atomic E-state index is 0.119. The Hall–Kier alpha value is -2.37. The van der Waals surface area contributed by atoms with Gasteiger partial charge in [0.1, 0.15) is 0 Å². The first-order chi connectivity index (χ1) is 11.8. The van der Waals surface area contributed by atoms with Gasteiger partial charge in [-0.1, -0.05) is 0 Å². The molecule has 0 fully saturated rings. The molecule has 0 aromatic carbocycles. The molecule has 0 rings (SSSR count). The minimum Gasteiger partial charge on any atom is -0.480 e. The lowest BCUT2D eigenvalue weighted by Crippen LogP contribution is -2.44. The molecule has 0 bridgehead atoms. The van der Waals surface area contributed by atoms with Crippen LogP contribution in [0.15, 0.2) is 0 Å². The van der Waals surface area contributed by atoms with E-state index in [-0.39, 0.29) is 58.9 Å². The van der Waals surface area contributed by atoms with E-state index in [1.165, 1.54) is 14.7 Å². The van der Waals surface area contributed by atoms with Gasteiger partial charge < -0.3 is 15.3 Å². The summed E-state index contributed by atoms with van der Waals surface area (Å²) in [5, 5.41) is 26.5. The van der Waals surface area contributed by atoms with E-state index in [2.05, 4.69) is 0 Å². The highest BCUT2D eigenvalue weighted by atomic mass is 16.4. The lowest BCUT2D eigenvalue weighted by molar-refractivity contribution is -0.140. The molecule has 0 spiro atoms. The molecule has 0 aliphatic heterocycles. The molecule has 0 heterocycles. The van der Waals surface area contributed by atoms with E-state index in [0.29, 0.717) is 0 Å². The van der Waals surface area contributed by atoms with E-state index in [9.17, 15) is 24.0 Å². The Labute approximate surface area is 144 Å². The van der Waals surface area contributed by atoms with E-state index in [1.54, 1.807) is 12.6 Å². The van der Waals surface area contributed by atoms with Crippen LogP contribution in [0.1, 0.15) is 0 Å². The predicted molar refractivity (Wildman–Crippen MR) is 83.6 cm³/mol. The van der Waals surface area contributed by atoms with Crippen LogP contribution in [0.2, 0.25) is 0 Å². The van der Waals surface area contributed by atoms with E-state index < -0.39 is 17.9 Å². The number of carbonyl (C=O) groups excluding carboxylic acids is 2. The van der Waals surface area contributed by atoms with Gasteiger partial charge in [-0.05, 0) is 0 Å². The van der Waals surface area contributed by atoms with Gasteiger partial charge in [-0.15, -0.1) is 0 Å². The summed E-state index contributed by atoms with van der Waals surface area (Å²) in [6.07, 6.45) is 3.18. The lowest BCUT2D eigenvalue weighted by Gasteiger charge is -2.26. The number of hydrogen-bond donors (Lipinski definition) is 3. The number of carbonyl (C=O) groups is 3. The van der Waals surface area contributed by atoms with Crippen LogP contribution in [0.25, 0.3) is 0 Å². The molecule has 0 aromatic rings. The molecule has 2 radical (unpaired) electrons. The van der Waals surface area contributed by atoms with Crippen LogP contribution in [-0.4, -0.2) is 119 Å². The number of carboxylic acid groups (broad SMARTS) is 3. The molecule has 3 N–H and O–H groups in total. The average Bonchev–Trinajstić information content (AvgIpc) is 2.48. The normalized spacial score (nSPS) is 11.0. The molecule has 0 aromatic heterocycles. The first kappa shape index (κ1) is 22.6. The smallest absolute Gasteiger partial charge is 0.317 e. The average molecular weight is 359 g/mol. The van der Waals surface area contributed by atoms with Crippen molar-refractivity contribution in [1.29, 1.82) is 0 Å². The third-order valence-electron chi connectivity index (χ3n) is 3.12. The summed E-state index contributed by atoms with van der Waals surface area (Å²) in [5.74, 6) is -3.37. The standard InChI is InChI=1S/C14H21N3O8/c18-7-5-16(10-13(22)23)3-1-15(9-12(20)21)2-4-17(6-8-19)11-14(24)25/h1-6,9-11H2,(H,20,21)(H,22,23)(H,24,25). The number of carboxylic acids is 3. The van der Waals surface area contributed by atoms with Crippen LogP contribution in [0.5, 0.6) is 0 Å². The summed E-state index contributed by atoms with van der Waals surface area (Å²) in [6, 6.07) is 0. The van der Waals surface area contributed by atoms with Gasteiger partial charge >= 0.3 is 17.9 Å². The Morgan fingerprint density at radius 1 is 0.600 bits per heavy atom. The number of hydrogen-bond acceptors (Lipinski definition) is 8. The maximum atomic E-state index is 10.9. The largest absolute Gasteiger partial charge is 0.480 e. The van der Waals surface area contributed by atoms with Gasteiger partial charge in [0, 0.05) is 26.2 Å². The van der Waals surface area contributed by atoms with Crippen molar-refractivity contribution in [1.82, 2.24) is 14.7 Å².